The van der Waals surface area contributed by atoms with E-state index in [0.717, 1.165) is 30.7 Å². The van der Waals surface area contributed by atoms with Crippen LogP contribution in [0.4, 0.5) is 0 Å². The minimum atomic E-state index is 0.931. The normalized spacial score (nSPS) is 15.8. The van der Waals surface area contributed by atoms with Crippen LogP contribution in [0.3, 0.4) is 0 Å². The zero-order chi connectivity index (χ0) is 16.8. The molecule has 0 aromatic carbocycles. The summed E-state index contributed by atoms with van der Waals surface area (Å²) < 4.78 is 1.88. The summed E-state index contributed by atoms with van der Waals surface area (Å²) >= 11 is 0. The Kier molecular flexibility index (Phi) is 3.21. The highest BCUT2D eigenvalue weighted by atomic mass is 15.2. The Bertz CT molecular complexity index is 1100. The maximum atomic E-state index is 4.65. The Labute approximate surface area is 145 Å². The van der Waals surface area contributed by atoms with Crippen LogP contribution in [-0.2, 0) is 0 Å². The number of rotatable bonds is 2. The Balaban J connectivity index is 1.62. The molecule has 5 heterocycles. The molecule has 25 heavy (non-hydrogen) atoms. The lowest BCUT2D eigenvalue weighted by Gasteiger charge is -2.21. The predicted molar refractivity (Wildman–Crippen MR) is 100 cm³/mol. The van der Waals surface area contributed by atoms with Gasteiger partial charge in [-0.1, -0.05) is 6.08 Å². The monoisotopic (exact) mass is 329 g/mol. The van der Waals surface area contributed by atoms with E-state index in [1.165, 1.54) is 27.6 Å². The number of H-pyrrole nitrogens is 1. The molecule has 0 amide bonds. The topological polar surface area (TPSA) is 49.2 Å². The van der Waals surface area contributed by atoms with Crippen molar-refractivity contribution in [1.29, 1.82) is 0 Å². The van der Waals surface area contributed by atoms with Crippen molar-refractivity contribution in [2.75, 3.05) is 20.1 Å². The van der Waals surface area contributed by atoms with E-state index in [-0.39, 0.29) is 0 Å². The van der Waals surface area contributed by atoms with Crippen LogP contribution in [0.1, 0.15) is 12.0 Å². The number of aromatic nitrogens is 4. The Morgan fingerprint density at radius 3 is 3.00 bits per heavy atom. The molecule has 0 aliphatic carbocycles. The molecular weight excluding hydrogens is 310 g/mol. The third-order valence-corrected chi connectivity index (χ3v) is 5.02. The van der Waals surface area contributed by atoms with Crippen LogP contribution < -0.4 is 0 Å². The Hall–Kier alpha value is -2.92. The van der Waals surface area contributed by atoms with E-state index in [1.807, 2.05) is 35.4 Å². The zero-order valence-electron chi connectivity index (χ0n) is 14.1. The van der Waals surface area contributed by atoms with Gasteiger partial charge >= 0.3 is 0 Å². The molecule has 0 atom stereocenters. The van der Waals surface area contributed by atoms with Gasteiger partial charge in [0.2, 0.25) is 0 Å². The molecule has 0 bridgehead atoms. The molecule has 1 N–H and O–H groups in total. The van der Waals surface area contributed by atoms with Gasteiger partial charge in [-0.25, -0.2) is 9.50 Å². The molecule has 4 aromatic rings. The highest BCUT2D eigenvalue weighted by Crippen LogP contribution is 2.31. The van der Waals surface area contributed by atoms with Gasteiger partial charge in [0.25, 0.3) is 0 Å². The van der Waals surface area contributed by atoms with Crippen LogP contribution in [0.2, 0.25) is 0 Å². The fourth-order valence-electron chi connectivity index (χ4n) is 3.54. The fraction of sp³-hybridized carbons (Fsp3) is 0.200. The number of nitrogens with one attached hydrogen (secondary N) is 1. The van der Waals surface area contributed by atoms with Gasteiger partial charge < -0.3 is 9.88 Å². The molecule has 1 aliphatic rings. The van der Waals surface area contributed by atoms with E-state index in [0.29, 0.717) is 0 Å². The molecule has 5 rings (SSSR count). The number of fused-ring (bicyclic) bond motifs is 2. The molecule has 4 aromatic heterocycles. The van der Waals surface area contributed by atoms with Gasteiger partial charge in [-0.3, -0.25) is 0 Å². The van der Waals surface area contributed by atoms with Gasteiger partial charge in [-0.05, 0) is 54.4 Å². The van der Waals surface area contributed by atoms with Crippen molar-refractivity contribution >= 4 is 22.1 Å². The largest absolute Gasteiger partial charge is 0.346 e. The summed E-state index contributed by atoms with van der Waals surface area (Å²) in [6, 6.07) is 8.55. The second-order valence-electron chi connectivity index (χ2n) is 6.68. The molecule has 0 unspecified atom stereocenters. The lowest BCUT2D eigenvalue weighted by molar-refractivity contribution is 0.370. The average molecular weight is 329 g/mol. The lowest BCUT2D eigenvalue weighted by atomic mass is 9.99. The number of likely N-dealkylation sites (N-methyl/N-ethyl adjacent to an activating group) is 1. The first-order chi connectivity index (χ1) is 12.3. The van der Waals surface area contributed by atoms with Crippen LogP contribution in [0.25, 0.3) is 33.3 Å². The Morgan fingerprint density at radius 2 is 2.12 bits per heavy atom. The first kappa shape index (κ1) is 14.4. The first-order valence-corrected chi connectivity index (χ1v) is 8.57. The van der Waals surface area contributed by atoms with Gasteiger partial charge in [-0.2, -0.15) is 5.10 Å². The lowest BCUT2D eigenvalue weighted by Crippen LogP contribution is -2.23. The standard InChI is InChI=1S/C20H19N5/c1-24-7-3-14(4-8-24)16-11-18-19(13-22-20(18)21-12-16)15-5-9-25-17(10-15)2-6-23-25/h2-3,5-6,9-13H,4,7-8H2,1H3,(H,21,22). The molecule has 0 spiro atoms. The number of pyridine rings is 2. The zero-order valence-corrected chi connectivity index (χ0v) is 14.1. The third-order valence-electron chi connectivity index (χ3n) is 5.02. The van der Waals surface area contributed by atoms with E-state index in [4.69, 9.17) is 0 Å². The molecule has 0 fully saturated rings. The summed E-state index contributed by atoms with van der Waals surface area (Å²) in [5.41, 5.74) is 7.00. The van der Waals surface area contributed by atoms with Gasteiger partial charge in [0.1, 0.15) is 5.65 Å². The van der Waals surface area contributed by atoms with Crippen molar-refractivity contribution < 1.29 is 0 Å². The number of nitrogens with zero attached hydrogens (tertiary/aromatic N) is 4. The summed E-state index contributed by atoms with van der Waals surface area (Å²) in [6.45, 7) is 2.10. The number of aromatic amines is 1. The van der Waals surface area contributed by atoms with Gasteiger partial charge in [-0.15, -0.1) is 0 Å². The summed E-state index contributed by atoms with van der Waals surface area (Å²) in [5.74, 6) is 0. The van der Waals surface area contributed by atoms with Gasteiger partial charge in [0.15, 0.2) is 0 Å². The SMILES string of the molecule is CN1CC=C(c2cnc3[nH]cc(-c4ccn5nccc5c4)c3c2)CC1. The summed E-state index contributed by atoms with van der Waals surface area (Å²) in [5, 5.41) is 5.44. The average Bonchev–Trinajstić information content (AvgIpc) is 3.27. The third kappa shape index (κ3) is 2.44. The van der Waals surface area contributed by atoms with Crippen molar-refractivity contribution in [2.24, 2.45) is 0 Å². The highest BCUT2D eigenvalue weighted by molar-refractivity contribution is 5.95. The predicted octanol–water partition coefficient (Wildman–Crippen LogP) is 3.60. The van der Waals surface area contributed by atoms with Crippen molar-refractivity contribution in [3.8, 4) is 11.1 Å². The van der Waals surface area contributed by atoms with Crippen molar-refractivity contribution in [1.82, 2.24) is 24.5 Å². The smallest absolute Gasteiger partial charge is 0.137 e. The molecule has 5 nitrogen and oxygen atoms in total. The Morgan fingerprint density at radius 1 is 1.16 bits per heavy atom. The summed E-state index contributed by atoms with van der Waals surface area (Å²) in [7, 11) is 2.16. The number of hydrogen-bond donors (Lipinski definition) is 1. The second kappa shape index (κ2) is 5.57. The molecule has 0 radical (unpaired) electrons. The van der Waals surface area contributed by atoms with Crippen molar-refractivity contribution in [2.45, 2.75) is 6.42 Å². The van der Waals surface area contributed by atoms with Crippen molar-refractivity contribution in [3.05, 3.63) is 60.7 Å². The molecule has 124 valence electrons. The summed E-state index contributed by atoms with van der Waals surface area (Å²) in [4.78, 5) is 10.3. The van der Waals surface area contributed by atoms with Crippen LogP contribution in [-0.4, -0.2) is 44.6 Å². The number of hydrogen-bond acceptors (Lipinski definition) is 3. The molecule has 1 aliphatic heterocycles. The summed E-state index contributed by atoms with van der Waals surface area (Å²) in [6.07, 6.45) is 11.2. The minimum absolute atomic E-state index is 0.931. The molecule has 0 saturated carbocycles. The van der Waals surface area contributed by atoms with Crippen LogP contribution >= 0.6 is 0 Å². The van der Waals surface area contributed by atoms with Crippen LogP contribution in [0.15, 0.2) is 55.1 Å². The quantitative estimate of drug-likeness (QED) is 0.611. The highest BCUT2D eigenvalue weighted by Gasteiger charge is 2.13. The second-order valence-corrected chi connectivity index (χ2v) is 6.68. The van der Waals surface area contributed by atoms with Gasteiger partial charge in [0, 0.05) is 48.8 Å². The van der Waals surface area contributed by atoms with Gasteiger partial charge in [0.05, 0.1) is 5.52 Å². The maximum absolute atomic E-state index is 4.65. The van der Waals surface area contributed by atoms with Crippen molar-refractivity contribution in [3.63, 3.8) is 0 Å². The van der Waals surface area contributed by atoms with E-state index in [2.05, 4.69) is 51.3 Å². The van der Waals surface area contributed by atoms with Crippen LogP contribution in [0, 0.1) is 0 Å². The molecule has 5 heteroatoms. The van der Waals surface area contributed by atoms with Crippen LogP contribution in [0.5, 0.6) is 0 Å². The van der Waals surface area contributed by atoms with E-state index in [1.54, 1.807) is 0 Å². The molecular formula is C20H19N5. The minimum Gasteiger partial charge on any atom is -0.346 e. The van der Waals surface area contributed by atoms with E-state index >= 15 is 0 Å². The maximum Gasteiger partial charge on any atom is 0.137 e. The van der Waals surface area contributed by atoms with E-state index in [9.17, 15) is 0 Å². The first-order valence-electron chi connectivity index (χ1n) is 8.57. The fourth-order valence-corrected chi connectivity index (χ4v) is 3.54. The van der Waals surface area contributed by atoms with E-state index < -0.39 is 0 Å². The molecule has 0 saturated heterocycles.